The molecular weight excluding hydrogens is 399 g/mol. The fourth-order valence-corrected chi connectivity index (χ4v) is 3.07. The number of carbonyl (C=O) groups is 1. The average Bonchev–Trinajstić information content (AvgIpc) is 3.37. The zero-order valence-electron chi connectivity index (χ0n) is 17.5. The largest absolute Gasteiger partial charge is 0.334 e. The molecule has 0 radical (unpaired) electrons. The molecule has 31 heavy (non-hydrogen) atoms. The van der Waals surface area contributed by atoms with E-state index in [0.29, 0.717) is 34.5 Å². The van der Waals surface area contributed by atoms with Crippen molar-refractivity contribution in [2.24, 2.45) is 0 Å². The van der Waals surface area contributed by atoms with Crippen LogP contribution in [0.4, 0.5) is 10.1 Å². The lowest BCUT2D eigenvalue weighted by molar-refractivity contribution is 0.101. The third-order valence-corrected chi connectivity index (χ3v) is 4.74. The van der Waals surface area contributed by atoms with E-state index in [1.165, 1.54) is 16.8 Å². The molecule has 1 N–H and O–H groups in total. The summed E-state index contributed by atoms with van der Waals surface area (Å²) in [6.07, 6.45) is 0. The number of aryl methyl sites for hydroxylation is 2. The van der Waals surface area contributed by atoms with Crippen LogP contribution in [0, 0.1) is 19.7 Å². The Kier molecular flexibility index (Phi) is 5.33. The lowest BCUT2D eigenvalue weighted by Crippen LogP contribution is -2.16. The van der Waals surface area contributed by atoms with Gasteiger partial charge in [-0.2, -0.15) is 4.98 Å². The van der Waals surface area contributed by atoms with Gasteiger partial charge in [-0.15, -0.1) is 5.10 Å². The van der Waals surface area contributed by atoms with Crippen molar-refractivity contribution in [1.29, 1.82) is 0 Å². The quantitative estimate of drug-likeness (QED) is 0.512. The standard InChI is InChI=1S/C22H21FN6O2/c1-12(2)19-26-22(31-28-19)17-7-5-6-13(3)18(17)25-21(30)20-24-14(4)29(27-20)16-10-8-15(23)9-11-16/h5-12H,1-4H3,(H,25,30). The van der Waals surface area contributed by atoms with E-state index in [1.54, 1.807) is 25.1 Å². The predicted molar refractivity (Wildman–Crippen MR) is 113 cm³/mol. The second-order valence-electron chi connectivity index (χ2n) is 7.43. The number of hydrogen-bond donors (Lipinski definition) is 1. The number of amides is 1. The highest BCUT2D eigenvalue weighted by Gasteiger charge is 2.21. The van der Waals surface area contributed by atoms with Crippen molar-refractivity contribution in [3.8, 4) is 17.1 Å². The Hall–Kier alpha value is -3.88. The van der Waals surface area contributed by atoms with E-state index >= 15 is 0 Å². The van der Waals surface area contributed by atoms with Crippen molar-refractivity contribution in [3.05, 3.63) is 71.3 Å². The Labute approximate surface area is 178 Å². The maximum atomic E-state index is 13.2. The molecule has 8 nitrogen and oxygen atoms in total. The van der Waals surface area contributed by atoms with Crippen LogP contribution >= 0.6 is 0 Å². The third kappa shape index (κ3) is 4.07. The molecule has 2 aromatic heterocycles. The minimum absolute atomic E-state index is 0.00979. The summed E-state index contributed by atoms with van der Waals surface area (Å²) in [5, 5.41) is 11.2. The highest BCUT2D eigenvalue weighted by atomic mass is 19.1. The Morgan fingerprint density at radius 2 is 1.84 bits per heavy atom. The molecule has 0 aliphatic heterocycles. The summed E-state index contributed by atoms with van der Waals surface area (Å²) < 4.78 is 20.1. The Morgan fingerprint density at radius 3 is 2.52 bits per heavy atom. The molecule has 2 aromatic carbocycles. The van der Waals surface area contributed by atoms with Gasteiger partial charge < -0.3 is 9.84 Å². The highest BCUT2D eigenvalue weighted by Crippen LogP contribution is 2.31. The summed E-state index contributed by atoms with van der Waals surface area (Å²) in [7, 11) is 0. The van der Waals surface area contributed by atoms with E-state index in [0.717, 1.165) is 5.56 Å². The molecule has 0 fully saturated rings. The number of halogens is 1. The zero-order chi connectivity index (χ0) is 22.1. The monoisotopic (exact) mass is 420 g/mol. The number of anilines is 1. The van der Waals surface area contributed by atoms with Gasteiger partial charge in [-0.1, -0.05) is 31.1 Å². The van der Waals surface area contributed by atoms with E-state index in [1.807, 2.05) is 32.9 Å². The van der Waals surface area contributed by atoms with Crippen molar-refractivity contribution < 1.29 is 13.7 Å². The lowest BCUT2D eigenvalue weighted by Gasteiger charge is -2.10. The van der Waals surface area contributed by atoms with Gasteiger partial charge in [-0.3, -0.25) is 4.79 Å². The topological polar surface area (TPSA) is 98.7 Å². The first kappa shape index (κ1) is 20.4. The number of aromatic nitrogens is 5. The van der Waals surface area contributed by atoms with Gasteiger partial charge in [-0.05, 0) is 49.7 Å². The van der Waals surface area contributed by atoms with Crippen molar-refractivity contribution in [1.82, 2.24) is 24.9 Å². The van der Waals surface area contributed by atoms with E-state index in [2.05, 4.69) is 25.5 Å². The average molecular weight is 420 g/mol. The predicted octanol–water partition coefficient (Wildman–Crippen LogP) is 4.45. The normalized spacial score (nSPS) is 11.2. The molecule has 0 unspecified atom stereocenters. The van der Waals surface area contributed by atoms with Crippen molar-refractivity contribution in [2.45, 2.75) is 33.6 Å². The maximum Gasteiger partial charge on any atom is 0.295 e. The molecule has 0 spiro atoms. The van der Waals surface area contributed by atoms with Gasteiger partial charge in [0.2, 0.25) is 5.82 Å². The molecule has 1 amide bonds. The van der Waals surface area contributed by atoms with Gasteiger partial charge in [0.15, 0.2) is 5.82 Å². The third-order valence-electron chi connectivity index (χ3n) is 4.74. The summed E-state index contributed by atoms with van der Waals surface area (Å²) in [5.41, 5.74) is 2.59. The fourth-order valence-electron chi connectivity index (χ4n) is 3.07. The first-order chi connectivity index (χ1) is 14.8. The van der Waals surface area contributed by atoms with Crippen LogP contribution in [0.3, 0.4) is 0 Å². The number of nitrogens with one attached hydrogen (secondary N) is 1. The van der Waals surface area contributed by atoms with Gasteiger partial charge in [0.05, 0.1) is 16.9 Å². The summed E-state index contributed by atoms with van der Waals surface area (Å²) >= 11 is 0. The Bertz CT molecular complexity index is 1240. The van der Waals surface area contributed by atoms with Crippen molar-refractivity contribution >= 4 is 11.6 Å². The smallest absolute Gasteiger partial charge is 0.295 e. The zero-order valence-corrected chi connectivity index (χ0v) is 17.5. The summed E-state index contributed by atoms with van der Waals surface area (Å²) in [4.78, 5) is 21.6. The summed E-state index contributed by atoms with van der Waals surface area (Å²) in [6.45, 7) is 7.53. The second kappa shape index (κ2) is 8.10. The van der Waals surface area contributed by atoms with Crippen LogP contribution in [0.25, 0.3) is 17.1 Å². The lowest BCUT2D eigenvalue weighted by atomic mass is 10.1. The molecule has 9 heteroatoms. The highest BCUT2D eigenvalue weighted by molar-refractivity contribution is 6.04. The van der Waals surface area contributed by atoms with E-state index in [9.17, 15) is 9.18 Å². The molecule has 158 valence electrons. The number of rotatable bonds is 5. The van der Waals surface area contributed by atoms with Crippen LogP contribution in [-0.2, 0) is 0 Å². The van der Waals surface area contributed by atoms with Crippen LogP contribution in [0.5, 0.6) is 0 Å². The number of carbonyl (C=O) groups excluding carboxylic acids is 1. The molecule has 0 saturated heterocycles. The first-order valence-corrected chi connectivity index (χ1v) is 9.78. The van der Waals surface area contributed by atoms with Crippen molar-refractivity contribution in [3.63, 3.8) is 0 Å². The molecular formula is C22H21FN6O2. The van der Waals surface area contributed by atoms with Gasteiger partial charge >= 0.3 is 0 Å². The van der Waals surface area contributed by atoms with Gasteiger partial charge in [0.1, 0.15) is 11.6 Å². The molecule has 4 aromatic rings. The van der Waals surface area contributed by atoms with Gasteiger partial charge in [0, 0.05) is 5.92 Å². The minimum atomic E-state index is -0.483. The molecule has 0 aliphatic rings. The number of benzene rings is 2. The van der Waals surface area contributed by atoms with E-state index in [-0.39, 0.29) is 17.6 Å². The van der Waals surface area contributed by atoms with Crippen molar-refractivity contribution in [2.75, 3.05) is 5.32 Å². The Balaban J connectivity index is 1.65. The van der Waals surface area contributed by atoms with Gasteiger partial charge in [0.25, 0.3) is 11.8 Å². The molecule has 0 atom stereocenters. The molecule has 2 heterocycles. The molecule has 0 saturated carbocycles. The molecule has 0 bridgehead atoms. The van der Waals surface area contributed by atoms with E-state index in [4.69, 9.17) is 4.52 Å². The second-order valence-corrected chi connectivity index (χ2v) is 7.43. The maximum absolute atomic E-state index is 13.2. The molecule has 0 aliphatic carbocycles. The minimum Gasteiger partial charge on any atom is -0.334 e. The van der Waals surface area contributed by atoms with Crippen LogP contribution < -0.4 is 5.32 Å². The summed E-state index contributed by atoms with van der Waals surface area (Å²) in [5.74, 6) is 0.678. The number of hydrogen-bond acceptors (Lipinski definition) is 6. The number of para-hydroxylation sites is 1. The number of nitrogens with zero attached hydrogens (tertiary/aromatic N) is 5. The van der Waals surface area contributed by atoms with Crippen LogP contribution in [-0.4, -0.2) is 30.8 Å². The van der Waals surface area contributed by atoms with E-state index < -0.39 is 5.91 Å². The SMILES string of the molecule is Cc1cccc(-c2nc(C(C)C)no2)c1NC(=O)c1nc(C)n(-c2ccc(F)cc2)n1. The molecule has 4 rings (SSSR count). The Morgan fingerprint density at radius 1 is 1.10 bits per heavy atom. The van der Waals surface area contributed by atoms with Crippen LogP contribution in [0.1, 0.15) is 47.6 Å². The first-order valence-electron chi connectivity index (χ1n) is 9.78. The summed E-state index contributed by atoms with van der Waals surface area (Å²) in [6, 6.07) is 11.3. The fraction of sp³-hybridized carbons (Fsp3) is 0.227. The van der Waals surface area contributed by atoms with Gasteiger partial charge in [-0.25, -0.2) is 14.1 Å². The van der Waals surface area contributed by atoms with Crippen LogP contribution in [0.15, 0.2) is 47.0 Å². The van der Waals surface area contributed by atoms with Crippen LogP contribution in [0.2, 0.25) is 0 Å².